The number of nitrogens with one attached hydrogen (secondary N) is 1. The molecule has 3 fully saturated rings. The molecule has 3 heteroatoms. The molecule has 0 amide bonds. The number of hydrogen-bond donors (Lipinski definition) is 2. The highest BCUT2D eigenvalue weighted by atomic mass is 16.3. The maximum Gasteiger partial charge on any atom is 0.0695 e. The van der Waals surface area contributed by atoms with Gasteiger partial charge in [-0.1, -0.05) is 32.1 Å². The molecular weight excluding hydrogens is 224 g/mol. The second kappa shape index (κ2) is 5.48. The lowest BCUT2D eigenvalue weighted by Crippen LogP contribution is -2.66. The van der Waals surface area contributed by atoms with Gasteiger partial charge in [-0.2, -0.15) is 0 Å². The molecule has 0 radical (unpaired) electrons. The lowest BCUT2D eigenvalue weighted by atomic mass is 9.76. The third kappa shape index (κ3) is 2.33. The van der Waals surface area contributed by atoms with Gasteiger partial charge >= 0.3 is 0 Å². The average Bonchev–Trinajstić information content (AvgIpc) is 2.41. The molecule has 3 rings (SSSR count). The summed E-state index contributed by atoms with van der Waals surface area (Å²) in [6.07, 6.45) is 11.5. The zero-order valence-electron chi connectivity index (χ0n) is 11.5. The van der Waals surface area contributed by atoms with E-state index in [-0.39, 0.29) is 6.10 Å². The minimum Gasteiger partial charge on any atom is -0.391 e. The summed E-state index contributed by atoms with van der Waals surface area (Å²) in [4.78, 5) is 2.71. The second-order valence-corrected chi connectivity index (χ2v) is 6.57. The summed E-state index contributed by atoms with van der Waals surface area (Å²) in [6.45, 7) is 3.39. The molecule has 104 valence electrons. The summed E-state index contributed by atoms with van der Waals surface area (Å²) < 4.78 is 0. The summed E-state index contributed by atoms with van der Waals surface area (Å²) in [7, 11) is 0. The van der Waals surface area contributed by atoms with Crippen LogP contribution in [0.25, 0.3) is 0 Å². The highest BCUT2D eigenvalue weighted by molar-refractivity contribution is 5.02. The molecule has 2 saturated carbocycles. The van der Waals surface area contributed by atoms with E-state index in [2.05, 4.69) is 10.2 Å². The van der Waals surface area contributed by atoms with Gasteiger partial charge in [-0.3, -0.25) is 4.90 Å². The van der Waals surface area contributed by atoms with Crippen molar-refractivity contribution in [2.24, 2.45) is 0 Å². The first kappa shape index (κ1) is 12.9. The van der Waals surface area contributed by atoms with Crippen molar-refractivity contribution in [3.05, 3.63) is 0 Å². The predicted molar refractivity (Wildman–Crippen MR) is 73.7 cm³/mol. The number of aliphatic hydroxyl groups is 1. The van der Waals surface area contributed by atoms with Crippen LogP contribution in [0.2, 0.25) is 0 Å². The molecule has 1 heterocycles. The molecule has 18 heavy (non-hydrogen) atoms. The molecule has 0 aromatic heterocycles. The molecule has 0 bridgehead atoms. The molecule has 3 nitrogen and oxygen atoms in total. The monoisotopic (exact) mass is 252 g/mol. The van der Waals surface area contributed by atoms with Crippen molar-refractivity contribution >= 4 is 0 Å². The Balaban J connectivity index is 1.77. The Morgan fingerprint density at radius 1 is 1.00 bits per heavy atom. The van der Waals surface area contributed by atoms with Gasteiger partial charge in [0.05, 0.1) is 6.10 Å². The van der Waals surface area contributed by atoms with Gasteiger partial charge in [0.15, 0.2) is 0 Å². The van der Waals surface area contributed by atoms with E-state index in [1.807, 2.05) is 0 Å². The first-order chi connectivity index (χ1) is 8.82. The van der Waals surface area contributed by atoms with Crippen LogP contribution in [-0.2, 0) is 0 Å². The normalized spacial score (nSPS) is 37.8. The molecule has 1 spiro atoms. The van der Waals surface area contributed by atoms with Crippen LogP contribution in [0.5, 0.6) is 0 Å². The molecule has 2 aliphatic carbocycles. The van der Waals surface area contributed by atoms with Crippen LogP contribution in [0.15, 0.2) is 0 Å². The Morgan fingerprint density at radius 2 is 1.78 bits per heavy atom. The molecule has 1 saturated heterocycles. The Hall–Kier alpha value is -0.120. The first-order valence-electron chi connectivity index (χ1n) is 7.97. The minimum absolute atomic E-state index is 0.0735. The third-order valence-corrected chi connectivity index (χ3v) is 5.47. The van der Waals surface area contributed by atoms with Crippen molar-refractivity contribution in [1.82, 2.24) is 10.2 Å². The van der Waals surface area contributed by atoms with Crippen LogP contribution < -0.4 is 5.32 Å². The van der Waals surface area contributed by atoms with E-state index in [4.69, 9.17) is 0 Å². The maximum absolute atomic E-state index is 10.4. The molecule has 2 N–H and O–H groups in total. The fourth-order valence-electron chi connectivity index (χ4n) is 4.51. The zero-order valence-corrected chi connectivity index (χ0v) is 11.5. The van der Waals surface area contributed by atoms with Gasteiger partial charge < -0.3 is 10.4 Å². The SMILES string of the molecule is OC1CCCCC1N1CCNCC12CCCCC2. The number of hydrogen-bond acceptors (Lipinski definition) is 3. The average molecular weight is 252 g/mol. The highest BCUT2D eigenvalue weighted by Gasteiger charge is 2.44. The standard InChI is InChI=1S/C15H28N2O/c18-14-7-3-2-6-13(14)17-11-10-16-12-15(17)8-4-1-5-9-15/h13-14,16,18H,1-12H2. The van der Waals surface area contributed by atoms with Gasteiger partial charge in [-0.25, -0.2) is 0 Å². The maximum atomic E-state index is 10.4. The molecule has 3 aliphatic rings. The predicted octanol–water partition coefficient (Wildman–Crippen LogP) is 1.90. The summed E-state index contributed by atoms with van der Waals surface area (Å²) in [5, 5.41) is 14.0. The molecule has 1 aliphatic heterocycles. The van der Waals surface area contributed by atoms with E-state index in [9.17, 15) is 5.11 Å². The van der Waals surface area contributed by atoms with E-state index >= 15 is 0 Å². The molecule has 0 aromatic carbocycles. The zero-order chi connectivity index (χ0) is 12.4. The van der Waals surface area contributed by atoms with Crippen LogP contribution in [-0.4, -0.2) is 47.3 Å². The van der Waals surface area contributed by atoms with Gasteiger partial charge in [0.25, 0.3) is 0 Å². The highest BCUT2D eigenvalue weighted by Crippen LogP contribution is 2.38. The van der Waals surface area contributed by atoms with Crippen LogP contribution in [0.4, 0.5) is 0 Å². The Kier molecular flexibility index (Phi) is 3.92. The van der Waals surface area contributed by atoms with E-state index in [1.54, 1.807) is 0 Å². The second-order valence-electron chi connectivity index (χ2n) is 6.57. The van der Waals surface area contributed by atoms with Crippen molar-refractivity contribution in [3.8, 4) is 0 Å². The Morgan fingerprint density at radius 3 is 2.56 bits per heavy atom. The van der Waals surface area contributed by atoms with E-state index in [1.165, 1.54) is 51.4 Å². The van der Waals surface area contributed by atoms with Crippen LogP contribution in [0, 0.1) is 0 Å². The Labute approximate surface area is 111 Å². The van der Waals surface area contributed by atoms with Crippen molar-refractivity contribution in [2.45, 2.75) is 75.5 Å². The fourth-order valence-corrected chi connectivity index (χ4v) is 4.51. The number of aliphatic hydroxyl groups excluding tert-OH is 1. The lowest BCUT2D eigenvalue weighted by molar-refractivity contribution is -0.0665. The topological polar surface area (TPSA) is 35.5 Å². The van der Waals surface area contributed by atoms with Crippen molar-refractivity contribution < 1.29 is 5.11 Å². The molecular formula is C15H28N2O. The van der Waals surface area contributed by atoms with Gasteiger partial charge in [-0.15, -0.1) is 0 Å². The van der Waals surface area contributed by atoms with E-state index in [0.717, 1.165) is 26.1 Å². The fraction of sp³-hybridized carbons (Fsp3) is 1.00. The van der Waals surface area contributed by atoms with Crippen molar-refractivity contribution in [2.75, 3.05) is 19.6 Å². The summed E-state index contributed by atoms with van der Waals surface area (Å²) >= 11 is 0. The smallest absolute Gasteiger partial charge is 0.0695 e. The van der Waals surface area contributed by atoms with Crippen molar-refractivity contribution in [1.29, 1.82) is 0 Å². The lowest BCUT2D eigenvalue weighted by Gasteiger charge is -2.54. The first-order valence-corrected chi connectivity index (χ1v) is 7.97. The molecule has 0 aromatic rings. The number of nitrogens with zero attached hydrogens (tertiary/aromatic N) is 1. The largest absolute Gasteiger partial charge is 0.391 e. The van der Waals surface area contributed by atoms with Gasteiger partial charge in [0, 0.05) is 31.2 Å². The van der Waals surface area contributed by atoms with Gasteiger partial charge in [0.1, 0.15) is 0 Å². The third-order valence-electron chi connectivity index (χ3n) is 5.47. The summed E-state index contributed by atoms with van der Waals surface area (Å²) in [6, 6.07) is 0.443. The van der Waals surface area contributed by atoms with Crippen molar-refractivity contribution in [3.63, 3.8) is 0 Å². The minimum atomic E-state index is -0.0735. The molecule has 2 unspecified atom stereocenters. The van der Waals surface area contributed by atoms with E-state index < -0.39 is 0 Å². The summed E-state index contributed by atoms with van der Waals surface area (Å²) in [5.74, 6) is 0. The summed E-state index contributed by atoms with van der Waals surface area (Å²) in [5.41, 5.74) is 0.374. The van der Waals surface area contributed by atoms with Gasteiger partial charge in [-0.05, 0) is 25.7 Å². The van der Waals surface area contributed by atoms with Crippen LogP contribution in [0.3, 0.4) is 0 Å². The van der Waals surface area contributed by atoms with Crippen LogP contribution >= 0.6 is 0 Å². The quantitative estimate of drug-likeness (QED) is 0.748. The van der Waals surface area contributed by atoms with Crippen LogP contribution in [0.1, 0.15) is 57.8 Å². The Bertz CT molecular complexity index is 267. The number of rotatable bonds is 1. The van der Waals surface area contributed by atoms with Gasteiger partial charge in [0.2, 0.25) is 0 Å². The van der Waals surface area contributed by atoms with E-state index in [0.29, 0.717) is 11.6 Å². The number of piperazine rings is 1. The molecule has 2 atom stereocenters.